The van der Waals surface area contributed by atoms with Crippen LogP contribution >= 0.6 is 0 Å². The Morgan fingerprint density at radius 1 is 1.23 bits per heavy atom. The van der Waals surface area contributed by atoms with E-state index in [2.05, 4.69) is 21.1 Å². The average molecular weight is 287 g/mol. The van der Waals surface area contributed by atoms with Crippen molar-refractivity contribution in [2.75, 3.05) is 0 Å². The summed E-state index contributed by atoms with van der Waals surface area (Å²) in [5, 5.41) is 13.9. The van der Waals surface area contributed by atoms with Gasteiger partial charge in [0.15, 0.2) is 0 Å². The summed E-state index contributed by atoms with van der Waals surface area (Å²) in [6.07, 6.45) is 8.83. The molecule has 22 heavy (non-hydrogen) atoms. The van der Waals surface area contributed by atoms with E-state index in [1.54, 1.807) is 29.3 Å². The maximum atomic E-state index is 9.41. The van der Waals surface area contributed by atoms with Crippen LogP contribution in [0.25, 0.3) is 22.9 Å². The van der Waals surface area contributed by atoms with Crippen LogP contribution < -0.4 is 0 Å². The number of allylic oxidation sites excluding steroid dienone is 1. The number of rotatable bonds is 3. The lowest BCUT2D eigenvalue weighted by Gasteiger charge is -2.00. The first kappa shape index (κ1) is 13.7. The van der Waals surface area contributed by atoms with Crippen molar-refractivity contribution in [1.82, 2.24) is 19.7 Å². The van der Waals surface area contributed by atoms with Gasteiger partial charge >= 0.3 is 0 Å². The molecule has 0 saturated carbocycles. The summed E-state index contributed by atoms with van der Waals surface area (Å²) in [5.74, 6) is 0. The predicted molar refractivity (Wildman–Crippen MR) is 84.2 cm³/mol. The van der Waals surface area contributed by atoms with Crippen LogP contribution in [0.3, 0.4) is 0 Å². The molecule has 3 aromatic heterocycles. The smallest absolute Gasteiger partial charge is 0.101 e. The molecule has 0 aliphatic heterocycles. The lowest BCUT2D eigenvalue weighted by Crippen LogP contribution is -1.88. The lowest BCUT2D eigenvalue weighted by molar-refractivity contribution is 0.770. The molecule has 3 rings (SSSR count). The van der Waals surface area contributed by atoms with E-state index < -0.39 is 0 Å². The molecule has 5 heteroatoms. The molecular weight excluding hydrogens is 274 g/mol. The summed E-state index contributed by atoms with van der Waals surface area (Å²) in [6, 6.07) is 11.5. The van der Waals surface area contributed by atoms with Crippen LogP contribution in [-0.2, 0) is 7.05 Å². The highest BCUT2D eigenvalue weighted by atomic mass is 15.2. The Kier molecular flexibility index (Phi) is 3.75. The number of hydrogen-bond donors (Lipinski definition) is 0. The Bertz CT molecular complexity index is 842. The fraction of sp³-hybridized carbons (Fsp3) is 0.0588. The highest BCUT2D eigenvalue weighted by molar-refractivity contribution is 5.91. The third kappa shape index (κ3) is 2.76. The third-order valence-corrected chi connectivity index (χ3v) is 3.15. The molecule has 0 atom stereocenters. The zero-order valence-electron chi connectivity index (χ0n) is 12.0. The van der Waals surface area contributed by atoms with Crippen LogP contribution in [0.2, 0.25) is 0 Å². The third-order valence-electron chi connectivity index (χ3n) is 3.15. The highest BCUT2D eigenvalue weighted by Crippen LogP contribution is 2.25. The van der Waals surface area contributed by atoms with E-state index in [4.69, 9.17) is 0 Å². The minimum Gasteiger partial charge on any atom is -0.275 e. The molecule has 0 N–H and O–H groups in total. The normalized spacial score (nSPS) is 11.2. The minimum absolute atomic E-state index is 0.499. The zero-order valence-corrected chi connectivity index (χ0v) is 12.0. The fourth-order valence-corrected chi connectivity index (χ4v) is 2.18. The molecule has 0 aliphatic rings. The fourth-order valence-electron chi connectivity index (χ4n) is 2.18. The van der Waals surface area contributed by atoms with Gasteiger partial charge in [0.25, 0.3) is 0 Å². The van der Waals surface area contributed by atoms with Crippen molar-refractivity contribution in [3.63, 3.8) is 0 Å². The standard InChI is InChI=1S/C17H13N5/c1-22-12-15(17(21-22)13-5-4-7-19-11-13)9-14(10-18)16-6-2-3-8-20-16/h2-9,11-12H,1H3/b14-9+. The van der Waals surface area contributed by atoms with E-state index in [9.17, 15) is 5.26 Å². The molecule has 0 unspecified atom stereocenters. The Morgan fingerprint density at radius 2 is 2.14 bits per heavy atom. The second kappa shape index (κ2) is 6.02. The Morgan fingerprint density at radius 3 is 2.82 bits per heavy atom. The van der Waals surface area contributed by atoms with Gasteiger partial charge in [-0.05, 0) is 30.3 Å². The van der Waals surface area contributed by atoms with Crippen molar-refractivity contribution in [3.8, 4) is 17.3 Å². The molecule has 106 valence electrons. The number of aromatic nitrogens is 4. The number of hydrogen-bond acceptors (Lipinski definition) is 4. The molecule has 0 aromatic carbocycles. The van der Waals surface area contributed by atoms with Crippen LogP contribution in [0.15, 0.2) is 55.1 Å². The van der Waals surface area contributed by atoms with E-state index in [0.717, 1.165) is 16.8 Å². The molecule has 0 radical (unpaired) electrons. The van der Waals surface area contributed by atoms with Gasteiger partial charge in [-0.2, -0.15) is 10.4 Å². The maximum Gasteiger partial charge on any atom is 0.101 e. The molecule has 0 spiro atoms. The maximum absolute atomic E-state index is 9.41. The first-order valence-electron chi connectivity index (χ1n) is 6.75. The van der Waals surface area contributed by atoms with Crippen molar-refractivity contribution in [3.05, 3.63) is 66.4 Å². The van der Waals surface area contributed by atoms with E-state index in [0.29, 0.717) is 11.3 Å². The van der Waals surface area contributed by atoms with Gasteiger partial charge in [0.05, 0.1) is 11.3 Å². The molecule has 5 nitrogen and oxygen atoms in total. The zero-order chi connectivity index (χ0) is 15.4. The molecule has 0 saturated heterocycles. The molecular formula is C17H13N5. The van der Waals surface area contributed by atoms with Gasteiger partial charge in [-0.25, -0.2) is 0 Å². The van der Waals surface area contributed by atoms with Crippen LogP contribution in [0, 0.1) is 11.3 Å². The van der Waals surface area contributed by atoms with Gasteiger partial charge in [-0.3, -0.25) is 14.6 Å². The second-order valence-corrected chi connectivity index (χ2v) is 4.73. The number of pyridine rings is 2. The number of aryl methyl sites for hydroxylation is 1. The summed E-state index contributed by atoms with van der Waals surface area (Å²) in [4.78, 5) is 8.35. The summed E-state index contributed by atoms with van der Waals surface area (Å²) < 4.78 is 1.72. The highest BCUT2D eigenvalue weighted by Gasteiger charge is 2.10. The van der Waals surface area contributed by atoms with Crippen LogP contribution in [0.5, 0.6) is 0 Å². The van der Waals surface area contributed by atoms with Crippen molar-refractivity contribution in [2.45, 2.75) is 0 Å². The molecule has 0 amide bonds. The quantitative estimate of drug-likeness (QED) is 0.695. The molecule has 0 fully saturated rings. The molecule has 3 heterocycles. The topological polar surface area (TPSA) is 67.4 Å². The second-order valence-electron chi connectivity index (χ2n) is 4.73. The average Bonchev–Trinajstić information content (AvgIpc) is 2.95. The van der Waals surface area contributed by atoms with Crippen molar-refractivity contribution in [2.24, 2.45) is 7.05 Å². The van der Waals surface area contributed by atoms with Crippen molar-refractivity contribution in [1.29, 1.82) is 5.26 Å². The first-order valence-corrected chi connectivity index (χ1v) is 6.75. The van der Waals surface area contributed by atoms with Gasteiger partial charge in [0.2, 0.25) is 0 Å². The van der Waals surface area contributed by atoms with Gasteiger partial charge < -0.3 is 0 Å². The Balaban J connectivity index is 2.10. The summed E-state index contributed by atoms with van der Waals surface area (Å²) in [6.45, 7) is 0. The molecule has 0 aliphatic carbocycles. The van der Waals surface area contributed by atoms with Gasteiger partial charge in [0, 0.05) is 43.0 Å². The minimum atomic E-state index is 0.499. The predicted octanol–water partition coefficient (Wildman–Crippen LogP) is 2.94. The van der Waals surface area contributed by atoms with Gasteiger partial charge in [-0.15, -0.1) is 0 Å². The van der Waals surface area contributed by atoms with Crippen LogP contribution in [0.1, 0.15) is 11.3 Å². The van der Waals surface area contributed by atoms with E-state index in [1.165, 1.54) is 0 Å². The monoisotopic (exact) mass is 287 g/mol. The Hall–Kier alpha value is -3.26. The van der Waals surface area contributed by atoms with E-state index in [-0.39, 0.29) is 0 Å². The van der Waals surface area contributed by atoms with Crippen molar-refractivity contribution < 1.29 is 0 Å². The van der Waals surface area contributed by atoms with Crippen molar-refractivity contribution >= 4 is 11.6 Å². The van der Waals surface area contributed by atoms with Gasteiger partial charge in [0.1, 0.15) is 11.8 Å². The Labute approximate surface area is 128 Å². The number of nitriles is 1. The van der Waals surface area contributed by atoms with Crippen LogP contribution in [-0.4, -0.2) is 19.7 Å². The van der Waals surface area contributed by atoms with E-state index >= 15 is 0 Å². The number of nitrogens with zero attached hydrogens (tertiary/aromatic N) is 5. The summed E-state index contributed by atoms with van der Waals surface area (Å²) in [7, 11) is 1.85. The summed E-state index contributed by atoms with van der Waals surface area (Å²) in [5.41, 5.74) is 3.70. The SMILES string of the molecule is Cn1cc(/C=C(\C#N)c2ccccn2)c(-c2cccnc2)n1. The largest absolute Gasteiger partial charge is 0.275 e. The lowest BCUT2D eigenvalue weighted by atomic mass is 10.1. The molecule has 3 aromatic rings. The van der Waals surface area contributed by atoms with Gasteiger partial charge in [-0.1, -0.05) is 6.07 Å². The summed E-state index contributed by atoms with van der Waals surface area (Å²) >= 11 is 0. The van der Waals surface area contributed by atoms with E-state index in [1.807, 2.05) is 43.6 Å². The first-order chi connectivity index (χ1) is 10.8. The molecule has 0 bridgehead atoms. The van der Waals surface area contributed by atoms with Crippen LogP contribution in [0.4, 0.5) is 0 Å².